The lowest BCUT2D eigenvalue weighted by Crippen LogP contribution is -2.41. The van der Waals surface area contributed by atoms with Crippen molar-refractivity contribution < 1.29 is 8.42 Å². The molecule has 2 aliphatic rings. The minimum Gasteiger partial charge on any atom is -0.207 e. The van der Waals surface area contributed by atoms with Gasteiger partial charge in [0, 0.05) is 6.04 Å². The topological polar surface area (TPSA) is 46.2 Å². The molecule has 0 heterocycles. The molecule has 2 atom stereocenters. The smallest absolute Gasteiger partial charge is 0.207 e. The molecule has 3 nitrogen and oxygen atoms in total. The van der Waals surface area contributed by atoms with Gasteiger partial charge in [-0.25, -0.2) is 13.1 Å². The van der Waals surface area contributed by atoms with E-state index in [1.54, 1.807) is 12.1 Å². The summed E-state index contributed by atoms with van der Waals surface area (Å²) in [5.41, 5.74) is 3.85. The van der Waals surface area contributed by atoms with Gasteiger partial charge in [0.05, 0.1) is 4.90 Å². The standard InChI is InChI=1S/C20H23NO2S/c1-14-6-10-19(11-7-14)24(22,23)21-20-17-8-9-18(20)13-16-5-3-2-4-15(16)12-17/h2-7,10-11,17-18,20-21H,8-9,12-13H2,1H3/t17-,18-/m0/s1. The fourth-order valence-electron chi connectivity index (χ4n) is 4.31. The van der Waals surface area contributed by atoms with E-state index in [-0.39, 0.29) is 6.04 Å². The van der Waals surface area contributed by atoms with Crippen molar-refractivity contribution in [1.82, 2.24) is 4.72 Å². The Morgan fingerprint density at radius 1 is 0.875 bits per heavy atom. The van der Waals surface area contributed by atoms with Gasteiger partial charge in [0.15, 0.2) is 0 Å². The Bertz CT molecular complexity index is 809. The van der Waals surface area contributed by atoms with E-state index in [1.165, 1.54) is 11.1 Å². The second-order valence-electron chi connectivity index (χ2n) is 7.23. The molecule has 0 radical (unpaired) electrons. The fraction of sp³-hybridized carbons (Fsp3) is 0.400. The molecular weight excluding hydrogens is 318 g/mol. The highest BCUT2D eigenvalue weighted by Crippen LogP contribution is 2.40. The molecule has 1 saturated carbocycles. The summed E-state index contributed by atoms with van der Waals surface area (Å²) in [5.74, 6) is 0.803. The first-order valence-corrected chi connectivity index (χ1v) is 10.2. The largest absolute Gasteiger partial charge is 0.240 e. The van der Waals surface area contributed by atoms with Crippen LogP contribution >= 0.6 is 0 Å². The van der Waals surface area contributed by atoms with Crippen LogP contribution in [0, 0.1) is 18.8 Å². The van der Waals surface area contributed by atoms with Crippen molar-refractivity contribution in [2.75, 3.05) is 0 Å². The molecule has 2 bridgehead atoms. The molecular formula is C20H23NO2S. The zero-order valence-electron chi connectivity index (χ0n) is 13.9. The third-order valence-electron chi connectivity index (χ3n) is 5.63. The summed E-state index contributed by atoms with van der Waals surface area (Å²) in [7, 11) is -3.46. The van der Waals surface area contributed by atoms with Gasteiger partial charge >= 0.3 is 0 Å². The summed E-state index contributed by atoms with van der Waals surface area (Å²) in [4.78, 5) is 0.370. The molecule has 2 aromatic rings. The average molecular weight is 341 g/mol. The Kier molecular flexibility index (Phi) is 3.97. The Balaban J connectivity index is 1.60. The Morgan fingerprint density at radius 2 is 1.42 bits per heavy atom. The van der Waals surface area contributed by atoms with E-state index in [0.717, 1.165) is 31.2 Å². The zero-order chi connectivity index (χ0) is 16.7. The number of sulfonamides is 1. The van der Waals surface area contributed by atoms with E-state index in [9.17, 15) is 8.42 Å². The summed E-state index contributed by atoms with van der Waals surface area (Å²) in [6.07, 6.45) is 4.18. The number of benzene rings is 2. The van der Waals surface area contributed by atoms with Gasteiger partial charge in [-0.3, -0.25) is 0 Å². The first kappa shape index (κ1) is 15.9. The Labute approximate surface area is 144 Å². The van der Waals surface area contributed by atoms with Gasteiger partial charge < -0.3 is 0 Å². The maximum atomic E-state index is 12.8. The first-order valence-electron chi connectivity index (χ1n) is 8.69. The second kappa shape index (κ2) is 6.01. The molecule has 1 fully saturated rings. The molecule has 4 rings (SSSR count). The van der Waals surface area contributed by atoms with Gasteiger partial charge in [-0.1, -0.05) is 42.0 Å². The van der Waals surface area contributed by atoms with Crippen molar-refractivity contribution in [1.29, 1.82) is 0 Å². The minimum atomic E-state index is -3.46. The van der Waals surface area contributed by atoms with Gasteiger partial charge in [0.2, 0.25) is 10.0 Å². The highest BCUT2D eigenvalue weighted by molar-refractivity contribution is 7.89. The second-order valence-corrected chi connectivity index (χ2v) is 8.95. The fourth-order valence-corrected chi connectivity index (χ4v) is 5.68. The highest BCUT2D eigenvalue weighted by atomic mass is 32.2. The van der Waals surface area contributed by atoms with E-state index < -0.39 is 10.0 Å². The van der Waals surface area contributed by atoms with E-state index >= 15 is 0 Å². The van der Waals surface area contributed by atoms with Crippen molar-refractivity contribution in [3.05, 3.63) is 65.2 Å². The summed E-state index contributed by atoms with van der Waals surface area (Å²) in [6, 6.07) is 15.7. The van der Waals surface area contributed by atoms with Crippen LogP contribution in [0.15, 0.2) is 53.4 Å². The average Bonchev–Trinajstić information content (AvgIpc) is 2.82. The predicted molar refractivity (Wildman–Crippen MR) is 95.4 cm³/mol. The van der Waals surface area contributed by atoms with Gasteiger partial charge in [-0.05, 0) is 67.7 Å². The summed E-state index contributed by atoms with van der Waals surface area (Å²) < 4.78 is 28.6. The number of nitrogens with one attached hydrogen (secondary N) is 1. The third kappa shape index (κ3) is 2.89. The molecule has 4 heteroatoms. The SMILES string of the molecule is Cc1ccc(S(=O)(=O)NC2[C@H]3CC[C@H]2Cc2ccccc2C3)cc1. The van der Waals surface area contributed by atoms with E-state index in [0.29, 0.717) is 16.7 Å². The zero-order valence-corrected chi connectivity index (χ0v) is 14.7. The van der Waals surface area contributed by atoms with Crippen molar-refractivity contribution in [2.45, 2.75) is 43.5 Å². The molecule has 0 amide bonds. The van der Waals surface area contributed by atoms with Crippen LogP contribution in [0.1, 0.15) is 29.5 Å². The molecule has 0 unspecified atom stereocenters. The molecule has 0 aliphatic heterocycles. The summed E-state index contributed by atoms with van der Waals surface area (Å²) in [5, 5.41) is 0. The van der Waals surface area contributed by atoms with Gasteiger partial charge in [0.25, 0.3) is 0 Å². The van der Waals surface area contributed by atoms with Gasteiger partial charge in [-0.2, -0.15) is 0 Å². The van der Waals surface area contributed by atoms with Crippen LogP contribution < -0.4 is 4.72 Å². The van der Waals surface area contributed by atoms with E-state index in [4.69, 9.17) is 0 Å². The molecule has 0 saturated heterocycles. The monoisotopic (exact) mass is 341 g/mol. The van der Waals surface area contributed by atoms with E-state index in [1.807, 2.05) is 19.1 Å². The summed E-state index contributed by atoms with van der Waals surface area (Å²) >= 11 is 0. The Hall–Kier alpha value is -1.65. The molecule has 0 aromatic heterocycles. The third-order valence-corrected chi connectivity index (χ3v) is 7.10. The lowest BCUT2D eigenvalue weighted by molar-refractivity contribution is 0.386. The van der Waals surface area contributed by atoms with Crippen LogP contribution in [0.3, 0.4) is 0 Å². The van der Waals surface area contributed by atoms with Crippen LogP contribution in [0.2, 0.25) is 0 Å². The molecule has 0 spiro atoms. The van der Waals surface area contributed by atoms with Crippen molar-refractivity contribution in [3.8, 4) is 0 Å². The summed E-state index contributed by atoms with van der Waals surface area (Å²) in [6.45, 7) is 1.96. The van der Waals surface area contributed by atoms with Crippen LogP contribution in [-0.4, -0.2) is 14.5 Å². The molecule has 126 valence electrons. The van der Waals surface area contributed by atoms with Crippen LogP contribution in [0.4, 0.5) is 0 Å². The lowest BCUT2D eigenvalue weighted by atomic mass is 9.94. The molecule has 24 heavy (non-hydrogen) atoms. The van der Waals surface area contributed by atoms with E-state index in [2.05, 4.69) is 29.0 Å². The van der Waals surface area contributed by atoms with Gasteiger partial charge in [-0.15, -0.1) is 0 Å². The van der Waals surface area contributed by atoms with Gasteiger partial charge in [0.1, 0.15) is 0 Å². The lowest BCUT2D eigenvalue weighted by Gasteiger charge is -2.23. The minimum absolute atomic E-state index is 0.0451. The number of rotatable bonds is 3. The maximum absolute atomic E-state index is 12.8. The van der Waals surface area contributed by atoms with Crippen LogP contribution in [0.25, 0.3) is 0 Å². The Morgan fingerprint density at radius 3 is 1.96 bits per heavy atom. The number of fused-ring (bicyclic) bond motifs is 3. The van der Waals surface area contributed by atoms with Crippen LogP contribution in [-0.2, 0) is 22.9 Å². The van der Waals surface area contributed by atoms with Crippen LogP contribution in [0.5, 0.6) is 0 Å². The normalized spacial score (nSPS) is 26.0. The molecule has 1 N–H and O–H groups in total. The highest BCUT2D eigenvalue weighted by Gasteiger charge is 2.41. The number of aryl methyl sites for hydroxylation is 1. The quantitative estimate of drug-likeness (QED) is 0.929. The number of hydrogen-bond acceptors (Lipinski definition) is 2. The molecule has 2 aliphatic carbocycles. The molecule has 2 aromatic carbocycles. The maximum Gasteiger partial charge on any atom is 0.240 e. The predicted octanol–water partition coefficient (Wildman–Crippen LogP) is 3.47. The number of hydrogen-bond donors (Lipinski definition) is 1. The first-order chi connectivity index (χ1) is 11.5. The van der Waals surface area contributed by atoms with Crippen molar-refractivity contribution in [3.63, 3.8) is 0 Å². The van der Waals surface area contributed by atoms with Crippen molar-refractivity contribution in [2.24, 2.45) is 11.8 Å². The van der Waals surface area contributed by atoms with Crippen molar-refractivity contribution >= 4 is 10.0 Å².